The first-order valence-electron chi connectivity index (χ1n) is 18.7. The summed E-state index contributed by atoms with van der Waals surface area (Å²) >= 11 is 0. The molecule has 0 amide bonds. The first-order valence-corrected chi connectivity index (χ1v) is 15.7. The lowest BCUT2D eigenvalue weighted by molar-refractivity contribution is 0.670. The highest BCUT2D eigenvalue weighted by molar-refractivity contribution is 6.28. The van der Waals surface area contributed by atoms with Crippen LogP contribution in [-0.4, -0.2) is 0 Å². The Kier molecular flexibility index (Phi) is 4.49. The average Bonchev–Trinajstić information content (AvgIpc) is 3.60. The van der Waals surface area contributed by atoms with Crippen LogP contribution in [0.1, 0.15) is 8.22 Å². The minimum absolute atomic E-state index is 0.0130. The quantitative estimate of drug-likeness (QED) is 0.183. The van der Waals surface area contributed by atoms with E-state index >= 15 is 0 Å². The van der Waals surface area contributed by atoms with E-state index in [9.17, 15) is 1.37 Å². The summed E-state index contributed by atoms with van der Waals surface area (Å²) in [6, 6.07) is 44.3. The summed E-state index contributed by atoms with van der Waals surface area (Å²) in [6.07, 6.45) is 0. The molecule has 47 heavy (non-hydrogen) atoms. The molecular formula is C46H28O. The predicted octanol–water partition coefficient (Wildman–Crippen LogP) is 13.2. The van der Waals surface area contributed by atoms with Crippen LogP contribution in [-0.2, 0) is 0 Å². The highest BCUT2D eigenvalue weighted by Crippen LogP contribution is 2.48. The summed E-state index contributed by atoms with van der Waals surface area (Å²) in [4.78, 5) is 0. The van der Waals surface area contributed by atoms with Crippen molar-refractivity contribution in [1.82, 2.24) is 0 Å². The van der Waals surface area contributed by atoms with E-state index in [-0.39, 0.29) is 40.5 Å². The van der Waals surface area contributed by atoms with Gasteiger partial charge < -0.3 is 4.42 Å². The fourth-order valence-corrected chi connectivity index (χ4v) is 7.33. The Morgan fingerprint density at radius 3 is 1.66 bits per heavy atom. The van der Waals surface area contributed by atoms with Crippen LogP contribution in [0, 0.1) is 0 Å². The molecule has 0 saturated carbocycles. The molecule has 9 aromatic carbocycles. The first-order chi connectivity index (χ1) is 25.8. The van der Waals surface area contributed by atoms with E-state index in [1.54, 1.807) is 0 Å². The van der Waals surface area contributed by atoms with Gasteiger partial charge in [-0.25, -0.2) is 0 Å². The maximum Gasteiger partial charge on any atom is 0.136 e. The summed E-state index contributed by atoms with van der Waals surface area (Å²) in [7, 11) is 0. The standard InChI is InChI=1S/C46H28O/c1-2-13-29(14-3-1)30-17-12-18-33(25-30)44-36-21-8-10-23-38(36)45(39-24-11-9-22-37(39)44)40-28-43-46(35-20-7-6-19-34(35)40)41-26-31-15-4-5-16-32(31)27-42(41)47-43/h1-28H/i4D,5D,15D,16D,26D,27D. The fourth-order valence-electron chi connectivity index (χ4n) is 7.33. The van der Waals surface area contributed by atoms with E-state index in [1.807, 2.05) is 30.3 Å². The second kappa shape index (κ2) is 10.2. The van der Waals surface area contributed by atoms with Gasteiger partial charge in [-0.05, 0) is 101 Å². The maximum atomic E-state index is 9.33. The lowest BCUT2D eigenvalue weighted by Gasteiger charge is -2.19. The molecule has 0 saturated heterocycles. The van der Waals surface area contributed by atoms with Gasteiger partial charge in [0.2, 0.25) is 0 Å². The Bertz CT molecular complexity index is 3130. The molecule has 0 aliphatic carbocycles. The molecule has 1 heterocycles. The molecule has 0 radical (unpaired) electrons. The van der Waals surface area contributed by atoms with Gasteiger partial charge in [0.25, 0.3) is 0 Å². The molecular weight excluding hydrogens is 569 g/mol. The molecule has 0 atom stereocenters. The van der Waals surface area contributed by atoms with Crippen LogP contribution in [0.4, 0.5) is 0 Å². The molecule has 0 aliphatic heterocycles. The second-order valence-corrected chi connectivity index (χ2v) is 11.9. The Morgan fingerprint density at radius 1 is 0.404 bits per heavy atom. The van der Waals surface area contributed by atoms with Crippen LogP contribution in [0.3, 0.4) is 0 Å². The van der Waals surface area contributed by atoms with E-state index < -0.39 is 12.1 Å². The highest BCUT2D eigenvalue weighted by atomic mass is 16.3. The van der Waals surface area contributed by atoms with Crippen LogP contribution in [0.25, 0.3) is 98.4 Å². The summed E-state index contributed by atoms with van der Waals surface area (Å²) < 4.78 is 58.9. The van der Waals surface area contributed by atoms with E-state index in [1.165, 1.54) is 0 Å². The van der Waals surface area contributed by atoms with E-state index in [4.69, 9.17) is 11.3 Å². The molecule has 0 unspecified atom stereocenters. The SMILES string of the molecule is [2H]c1c([2H])c([2H])c2c([2H])c3c(oc4cc(-c5c6ccccc6c(-c6cccc(-c7ccccc7)c6)c6ccccc56)c5ccccc5c43)c([2H])c2c1[2H]. The van der Waals surface area contributed by atoms with Crippen molar-refractivity contribution in [2.45, 2.75) is 0 Å². The van der Waals surface area contributed by atoms with Crippen LogP contribution < -0.4 is 0 Å². The van der Waals surface area contributed by atoms with Gasteiger partial charge >= 0.3 is 0 Å². The zero-order chi connectivity index (χ0) is 36.1. The fraction of sp³-hybridized carbons (Fsp3) is 0. The van der Waals surface area contributed by atoms with Crippen LogP contribution in [0.15, 0.2) is 174 Å². The van der Waals surface area contributed by atoms with Crippen LogP contribution >= 0.6 is 0 Å². The van der Waals surface area contributed by atoms with Gasteiger partial charge in [-0.1, -0.05) is 145 Å². The largest absolute Gasteiger partial charge is 0.456 e. The number of benzene rings is 9. The summed E-state index contributed by atoms with van der Waals surface area (Å²) in [5.41, 5.74) is 7.16. The zero-order valence-corrected chi connectivity index (χ0v) is 25.1. The van der Waals surface area contributed by atoms with Gasteiger partial charge in [-0.3, -0.25) is 0 Å². The third kappa shape index (κ3) is 3.97. The molecule has 0 fully saturated rings. The molecule has 1 nitrogen and oxygen atoms in total. The van der Waals surface area contributed by atoms with Gasteiger partial charge in [0.05, 0.1) is 8.22 Å². The Labute approximate surface area is 280 Å². The van der Waals surface area contributed by atoms with Crippen molar-refractivity contribution < 1.29 is 12.6 Å². The molecule has 0 aliphatic rings. The summed E-state index contributed by atoms with van der Waals surface area (Å²) in [5.74, 6) is 0. The molecule has 10 rings (SSSR count). The number of rotatable bonds is 3. The molecule has 1 aromatic heterocycles. The first kappa shape index (κ1) is 20.8. The van der Waals surface area contributed by atoms with E-state index in [0.29, 0.717) is 16.4 Å². The maximum absolute atomic E-state index is 9.33. The average molecular weight is 603 g/mol. The zero-order valence-electron chi connectivity index (χ0n) is 31.1. The minimum atomic E-state index is -0.437. The molecule has 218 valence electrons. The number of hydrogen-bond acceptors (Lipinski definition) is 1. The van der Waals surface area contributed by atoms with Crippen molar-refractivity contribution in [2.24, 2.45) is 0 Å². The molecule has 10 aromatic rings. The van der Waals surface area contributed by atoms with Gasteiger partial charge in [0.15, 0.2) is 0 Å². The van der Waals surface area contributed by atoms with Crippen molar-refractivity contribution in [3.8, 4) is 33.4 Å². The van der Waals surface area contributed by atoms with Crippen LogP contribution in [0.5, 0.6) is 0 Å². The summed E-state index contributed by atoms with van der Waals surface area (Å²) in [5, 5.41) is 7.16. The van der Waals surface area contributed by atoms with Gasteiger partial charge in [-0.15, -0.1) is 0 Å². The van der Waals surface area contributed by atoms with Crippen molar-refractivity contribution in [3.05, 3.63) is 170 Å². The van der Waals surface area contributed by atoms with Gasteiger partial charge in [0, 0.05) is 10.8 Å². The van der Waals surface area contributed by atoms with Gasteiger partial charge in [0.1, 0.15) is 11.2 Å². The molecule has 0 N–H and O–H groups in total. The number of furan rings is 1. The van der Waals surface area contributed by atoms with Crippen molar-refractivity contribution in [1.29, 1.82) is 0 Å². The third-order valence-electron chi connectivity index (χ3n) is 9.33. The highest BCUT2D eigenvalue weighted by Gasteiger charge is 2.21. The monoisotopic (exact) mass is 602 g/mol. The van der Waals surface area contributed by atoms with E-state index in [2.05, 4.69) is 103 Å². The Balaban J connectivity index is 1.33. The molecule has 0 bridgehead atoms. The lowest BCUT2D eigenvalue weighted by Crippen LogP contribution is -1.92. The molecule has 1 heteroatoms. The Hall–Kier alpha value is -6.18. The minimum Gasteiger partial charge on any atom is -0.456 e. The third-order valence-corrected chi connectivity index (χ3v) is 9.33. The number of fused-ring (bicyclic) bond motifs is 8. The number of hydrogen-bond donors (Lipinski definition) is 0. The van der Waals surface area contributed by atoms with Crippen molar-refractivity contribution in [3.63, 3.8) is 0 Å². The Morgan fingerprint density at radius 2 is 0.957 bits per heavy atom. The second-order valence-electron chi connectivity index (χ2n) is 11.9. The van der Waals surface area contributed by atoms with Gasteiger partial charge in [-0.2, -0.15) is 0 Å². The van der Waals surface area contributed by atoms with Crippen molar-refractivity contribution >= 4 is 65.0 Å². The predicted molar refractivity (Wildman–Crippen MR) is 200 cm³/mol. The lowest BCUT2D eigenvalue weighted by atomic mass is 9.84. The van der Waals surface area contributed by atoms with Crippen molar-refractivity contribution in [2.75, 3.05) is 0 Å². The molecule has 0 spiro atoms. The van der Waals surface area contributed by atoms with Crippen LogP contribution in [0.2, 0.25) is 0 Å². The summed E-state index contributed by atoms with van der Waals surface area (Å²) in [6.45, 7) is 0. The normalized spacial score (nSPS) is 13.6. The topological polar surface area (TPSA) is 13.1 Å². The van der Waals surface area contributed by atoms with E-state index in [0.717, 1.165) is 65.7 Å². The smallest absolute Gasteiger partial charge is 0.136 e.